The maximum Gasteiger partial charge on any atom is 0.274 e. The predicted molar refractivity (Wildman–Crippen MR) is 128 cm³/mol. The molecule has 8 nitrogen and oxygen atoms in total. The van der Waals surface area contributed by atoms with Gasteiger partial charge in [0.05, 0.1) is 5.69 Å². The molecule has 2 heterocycles. The number of anilines is 2. The molecule has 1 aromatic heterocycles. The Morgan fingerprint density at radius 3 is 2.58 bits per heavy atom. The van der Waals surface area contributed by atoms with E-state index in [4.69, 9.17) is 5.73 Å². The zero-order valence-electron chi connectivity index (χ0n) is 18.9. The highest BCUT2D eigenvalue weighted by molar-refractivity contribution is 6.05. The number of carbonyl (C=O) groups excluding carboxylic acids is 2. The Kier molecular flexibility index (Phi) is 5.17. The average Bonchev–Trinajstić information content (AvgIpc) is 3.22. The van der Waals surface area contributed by atoms with Crippen molar-refractivity contribution >= 4 is 23.2 Å². The zero-order valence-corrected chi connectivity index (χ0v) is 18.9. The van der Waals surface area contributed by atoms with Crippen LogP contribution >= 0.6 is 0 Å². The van der Waals surface area contributed by atoms with E-state index in [9.17, 15) is 9.59 Å². The largest absolute Gasteiger partial charge is 0.384 e. The molecule has 33 heavy (non-hydrogen) atoms. The fraction of sp³-hybridized carbons (Fsp3) is 0.320. The van der Waals surface area contributed by atoms with Gasteiger partial charge in [-0.2, -0.15) is 5.10 Å². The van der Waals surface area contributed by atoms with E-state index >= 15 is 0 Å². The summed E-state index contributed by atoms with van der Waals surface area (Å²) in [5.74, 6) is -1.03. The standard InChI is InChI=1S/C25H28N6O2/c1-30(2)15-25(10-11-25)17-4-6-18(7-5-17)28-24(33)22-14-21(23(26)32)29-31(22)19-8-3-16-9-12-27-20(16)13-19/h3-8,13-14,27H,9-12,15H2,1-2H3,(H2,26,32)(H,28,33). The number of benzene rings is 2. The second-order valence-corrected chi connectivity index (χ2v) is 9.26. The minimum atomic E-state index is -0.679. The monoisotopic (exact) mass is 444 g/mol. The number of nitrogens with two attached hydrogens (primary N) is 1. The van der Waals surface area contributed by atoms with Gasteiger partial charge in [0.2, 0.25) is 0 Å². The average molecular weight is 445 g/mol. The van der Waals surface area contributed by atoms with E-state index < -0.39 is 5.91 Å². The molecular weight excluding hydrogens is 416 g/mol. The molecule has 0 saturated heterocycles. The van der Waals surface area contributed by atoms with Crippen molar-refractivity contribution in [2.24, 2.45) is 5.73 Å². The first-order chi connectivity index (χ1) is 15.8. The third kappa shape index (κ3) is 4.09. The van der Waals surface area contributed by atoms with Crippen LogP contribution in [0.25, 0.3) is 5.69 Å². The van der Waals surface area contributed by atoms with Gasteiger partial charge in [-0.05, 0) is 68.8 Å². The summed E-state index contributed by atoms with van der Waals surface area (Å²) in [4.78, 5) is 27.2. The molecule has 1 aliphatic carbocycles. The molecule has 0 bridgehead atoms. The second-order valence-electron chi connectivity index (χ2n) is 9.26. The van der Waals surface area contributed by atoms with Crippen LogP contribution in [-0.2, 0) is 11.8 Å². The minimum Gasteiger partial charge on any atom is -0.384 e. The molecule has 3 aromatic rings. The molecule has 1 saturated carbocycles. The number of rotatable bonds is 7. The van der Waals surface area contributed by atoms with Crippen LogP contribution in [0.1, 0.15) is 44.9 Å². The first-order valence-electron chi connectivity index (χ1n) is 11.2. The van der Waals surface area contributed by atoms with Crippen LogP contribution in [0.4, 0.5) is 11.4 Å². The third-order valence-corrected chi connectivity index (χ3v) is 6.47. The van der Waals surface area contributed by atoms with Gasteiger partial charge in [0.1, 0.15) is 5.69 Å². The molecular formula is C25H28N6O2. The molecule has 170 valence electrons. The first-order valence-corrected chi connectivity index (χ1v) is 11.2. The van der Waals surface area contributed by atoms with Crippen LogP contribution in [0.3, 0.4) is 0 Å². The number of amides is 2. The molecule has 0 unspecified atom stereocenters. The zero-order chi connectivity index (χ0) is 23.2. The quantitative estimate of drug-likeness (QED) is 0.520. The Hall–Kier alpha value is -3.65. The van der Waals surface area contributed by atoms with E-state index in [0.717, 1.165) is 25.2 Å². The van der Waals surface area contributed by atoms with Gasteiger partial charge >= 0.3 is 0 Å². The van der Waals surface area contributed by atoms with Gasteiger partial charge in [-0.1, -0.05) is 18.2 Å². The topological polar surface area (TPSA) is 105 Å². The molecule has 2 amide bonds. The maximum atomic E-state index is 13.2. The van der Waals surface area contributed by atoms with Crippen molar-refractivity contribution in [3.8, 4) is 5.69 Å². The van der Waals surface area contributed by atoms with Crippen LogP contribution < -0.4 is 16.4 Å². The number of fused-ring (bicyclic) bond motifs is 1. The van der Waals surface area contributed by atoms with Gasteiger partial charge in [0.25, 0.3) is 11.8 Å². The van der Waals surface area contributed by atoms with Gasteiger partial charge in [-0.25, -0.2) is 4.68 Å². The summed E-state index contributed by atoms with van der Waals surface area (Å²) in [5.41, 5.74) is 10.9. The normalized spacial score (nSPS) is 15.7. The molecule has 2 aliphatic rings. The van der Waals surface area contributed by atoms with Crippen LogP contribution in [0, 0.1) is 0 Å². The second kappa shape index (κ2) is 8.04. The van der Waals surface area contributed by atoms with Crippen molar-refractivity contribution in [3.05, 3.63) is 71.0 Å². The molecule has 0 radical (unpaired) electrons. The van der Waals surface area contributed by atoms with Gasteiger partial charge < -0.3 is 21.3 Å². The lowest BCUT2D eigenvalue weighted by Gasteiger charge is -2.20. The summed E-state index contributed by atoms with van der Waals surface area (Å²) < 4.78 is 1.47. The SMILES string of the molecule is CN(C)CC1(c2ccc(NC(=O)c3cc(C(N)=O)nn3-c3ccc4c(c3)NCC4)cc2)CC1. The van der Waals surface area contributed by atoms with E-state index in [1.165, 1.54) is 34.7 Å². The highest BCUT2D eigenvalue weighted by Crippen LogP contribution is 2.48. The summed E-state index contributed by atoms with van der Waals surface area (Å²) in [5, 5.41) is 10.6. The number of carbonyl (C=O) groups is 2. The Morgan fingerprint density at radius 1 is 1.15 bits per heavy atom. The van der Waals surface area contributed by atoms with E-state index in [1.54, 1.807) is 0 Å². The molecule has 5 rings (SSSR count). The number of hydrogen-bond donors (Lipinski definition) is 3. The van der Waals surface area contributed by atoms with Crippen molar-refractivity contribution in [2.45, 2.75) is 24.7 Å². The van der Waals surface area contributed by atoms with E-state index in [2.05, 4.69) is 46.9 Å². The molecule has 8 heteroatoms. The number of hydrogen-bond acceptors (Lipinski definition) is 5. The van der Waals surface area contributed by atoms with E-state index in [0.29, 0.717) is 11.4 Å². The van der Waals surface area contributed by atoms with Gasteiger partial charge in [0, 0.05) is 35.9 Å². The number of likely N-dealkylation sites (N-methyl/N-ethyl adjacent to an activating group) is 1. The Morgan fingerprint density at radius 2 is 1.91 bits per heavy atom. The summed E-state index contributed by atoms with van der Waals surface area (Å²) in [6.07, 6.45) is 3.32. The summed E-state index contributed by atoms with van der Waals surface area (Å²) in [7, 11) is 4.18. The molecule has 0 spiro atoms. The van der Waals surface area contributed by atoms with Crippen molar-refractivity contribution in [2.75, 3.05) is 37.8 Å². The smallest absolute Gasteiger partial charge is 0.274 e. The van der Waals surface area contributed by atoms with Crippen molar-refractivity contribution < 1.29 is 9.59 Å². The van der Waals surface area contributed by atoms with E-state index in [1.807, 2.05) is 30.3 Å². The van der Waals surface area contributed by atoms with Crippen LogP contribution in [0.15, 0.2) is 48.5 Å². The Balaban J connectivity index is 1.40. The number of nitrogens with zero attached hydrogens (tertiary/aromatic N) is 3. The van der Waals surface area contributed by atoms with Gasteiger partial charge in [-0.3, -0.25) is 9.59 Å². The van der Waals surface area contributed by atoms with Crippen molar-refractivity contribution in [3.63, 3.8) is 0 Å². The molecule has 2 aromatic carbocycles. The highest BCUT2D eigenvalue weighted by Gasteiger charge is 2.44. The van der Waals surface area contributed by atoms with Crippen LogP contribution in [0.2, 0.25) is 0 Å². The molecule has 1 fully saturated rings. The first kappa shape index (κ1) is 21.2. The van der Waals surface area contributed by atoms with Gasteiger partial charge in [0.15, 0.2) is 5.69 Å². The number of primary amides is 1. The Labute approximate surface area is 192 Å². The van der Waals surface area contributed by atoms with Gasteiger partial charge in [-0.15, -0.1) is 0 Å². The number of nitrogens with one attached hydrogen (secondary N) is 2. The molecule has 1 aliphatic heterocycles. The molecule has 4 N–H and O–H groups in total. The lowest BCUT2D eigenvalue weighted by molar-refractivity contribution is 0.0993. The summed E-state index contributed by atoms with van der Waals surface area (Å²) in [6, 6.07) is 15.3. The minimum absolute atomic E-state index is 0.0447. The fourth-order valence-electron chi connectivity index (χ4n) is 4.67. The number of aromatic nitrogens is 2. The van der Waals surface area contributed by atoms with E-state index in [-0.39, 0.29) is 22.7 Å². The molecule has 0 atom stereocenters. The van der Waals surface area contributed by atoms with Crippen LogP contribution in [-0.4, -0.2) is 53.7 Å². The predicted octanol–water partition coefficient (Wildman–Crippen LogP) is 2.78. The maximum absolute atomic E-state index is 13.2. The van der Waals surface area contributed by atoms with Crippen LogP contribution in [0.5, 0.6) is 0 Å². The van der Waals surface area contributed by atoms with Crippen molar-refractivity contribution in [1.29, 1.82) is 0 Å². The highest BCUT2D eigenvalue weighted by atomic mass is 16.2. The summed E-state index contributed by atoms with van der Waals surface area (Å²) in [6.45, 7) is 1.90. The fourth-order valence-corrected chi connectivity index (χ4v) is 4.67. The van der Waals surface area contributed by atoms with Crippen molar-refractivity contribution in [1.82, 2.24) is 14.7 Å². The Bertz CT molecular complexity index is 1220. The third-order valence-electron chi connectivity index (χ3n) is 6.47. The lowest BCUT2D eigenvalue weighted by Crippen LogP contribution is -2.25. The lowest BCUT2D eigenvalue weighted by atomic mass is 9.95. The summed E-state index contributed by atoms with van der Waals surface area (Å²) >= 11 is 0.